The molecule has 6 nitrogen and oxygen atoms in total. The number of aromatic nitrogens is 3. The smallest absolute Gasteiger partial charge is 0.255 e. The first-order chi connectivity index (χ1) is 9.37. The number of carbonyl (C=O) groups is 1. The highest BCUT2D eigenvalue weighted by molar-refractivity contribution is 6.00. The Balaban J connectivity index is 1.99. The van der Waals surface area contributed by atoms with Crippen LogP contribution >= 0.6 is 0 Å². The molecule has 2 aromatic rings. The molecule has 0 spiro atoms. The number of hydrogen-bond donors (Lipinski definition) is 2. The summed E-state index contributed by atoms with van der Waals surface area (Å²) >= 11 is 0. The number of rotatable bonds is 4. The lowest BCUT2D eigenvalue weighted by molar-refractivity contribution is 0.0950. The van der Waals surface area contributed by atoms with Gasteiger partial charge in [-0.2, -0.15) is 5.10 Å². The molecule has 0 bridgehead atoms. The summed E-state index contributed by atoms with van der Waals surface area (Å²) in [6.45, 7) is 6.84. The van der Waals surface area contributed by atoms with Crippen molar-refractivity contribution in [2.45, 2.75) is 33.2 Å². The molecule has 2 rings (SSSR count). The van der Waals surface area contributed by atoms with Crippen LogP contribution in [0.1, 0.15) is 37.6 Å². The Morgan fingerprint density at radius 2 is 2.20 bits per heavy atom. The van der Waals surface area contributed by atoms with Crippen LogP contribution in [0.4, 0.5) is 0 Å². The molecule has 0 aliphatic heterocycles. The van der Waals surface area contributed by atoms with E-state index in [0.29, 0.717) is 17.6 Å². The average molecular weight is 275 g/mol. The van der Waals surface area contributed by atoms with Crippen molar-refractivity contribution in [3.8, 4) is 0 Å². The summed E-state index contributed by atoms with van der Waals surface area (Å²) in [5.74, 6) is -0.169. The van der Waals surface area contributed by atoms with Crippen molar-refractivity contribution in [3.05, 3.63) is 30.4 Å². The number of fused-ring (bicyclic) bond motifs is 1. The highest BCUT2D eigenvalue weighted by atomic mass is 16.1. The number of nitrogens with one attached hydrogen (secondary N) is 1. The van der Waals surface area contributed by atoms with Crippen molar-refractivity contribution in [2.24, 2.45) is 11.1 Å². The average Bonchev–Trinajstić information content (AvgIpc) is 2.78. The van der Waals surface area contributed by atoms with E-state index in [2.05, 4.69) is 36.2 Å². The van der Waals surface area contributed by atoms with E-state index in [9.17, 15) is 4.79 Å². The summed E-state index contributed by atoms with van der Waals surface area (Å²) in [6, 6.07) is -0.0566. The predicted molar refractivity (Wildman–Crippen MR) is 77.4 cm³/mol. The minimum absolute atomic E-state index is 0.0566. The summed E-state index contributed by atoms with van der Waals surface area (Å²) in [5, 5.41) is 6.97. The molecule has 0 fully saturated rings. The third kappa shape index (κ3) is 3.54. The molecule has 2 aromatic heterocycles. The highest BCUT2D eigenvalue weighted by Crippen LogP contribution is 2.19. The Labute approximate surface area is 118 Å². The van der Waals surface area contributed by atoms with Crippen LogP contribution in [0.5, 0.6) is 0 Å². The van der Waals surface area contributed by atoms with Gasteiger partial charge in [0.1, 0.15) is 0 Å². The van der Waals surface area contributed by atoms with E-state index in [1.165, 1.54) is 0 Å². The normalized spacial score (nSPS) is 13.4. The molecular formula is C14H21N5O. The second kappa shape index (κ2) is 5.58. The Kier molecular flexibility index (Phi) is 4.04. The van der Waals surface area contributed by atoms with Gasteiger partial charge in [0.2, 0.25) is 0 Å². The maximum Gasteiger partial charge on any atom is 0.255 e. The first-order valence-corrected chi connectivity index (χ1v) is 6.68. The third-order valence-electron chi connectivity index (χ3n) is 2.97. The molecule has 1 amide bonds. The van der Waals surface area contributed by atoms with Gasteiger partial charge in [-0.1, -0.05) is 20.8 Å². The van der Waals surface area contributed by atoms with Gasteiger partial charge in [0.15, 0.2) is 0 Å². The number of nitrogens with zero attached hydrogens (tertiary/aromatic N) is 3. The van der Waals surface area contributed by atoms with E-state index in [4.69, 9.17) is 5.73 Å². The monoisotopic (exact) mass is 275 g/mol. The van der Waals surface area contributed by atoms with Crippen LogP contribution in [0, 0.1) is 5.41 Å². The van der Waals surface area contributed by atoms with Crippen molar-refractivity contribution in [1.82, 2.24) is 19.9 Å². The van der Waals surface area contributed by atoms with Crippen molar-refractivity contribution in [2.75, 3.05) is 6.54 Å². The zero-order valence-electron chi connectivity index (χ0n) is 12.1. The van der Waals surface area contributed by atoms with E-state index in [0.717, 1.165) is 6.42 Å². The molecule has 0 aliphatic carbocycles. The van der Waals surface area contributed by atoms with Crippen molar-refractivity contribution < 1.29 is 4.79 Å². The Morgan fingerprint density at radius 1 is 1.45 bits per heavy atom. The van der Waals surface area contributed by atoms with Crippen LogP contribution in [-0.4, -0.2) is 33.1 Å². The molecule has 3 N–H and O–H groups in total. The lowest BCUT2D eigenvalue weighted by atomic mass is 9.88. The summed E-state index contributed by atoms with van der Waals surface area (Å²) in [7, 11) is 0. The van der Waals surface area contributed by atoms with Crippen molar-refractivity contribution >= 4 is 11.4 Å². The molecule has 0 saturated heterocycles. The zero-order chi connectivity index (χ0) is 14.8. The first-order valence-electron chi connectivity index (χ1n) is 6.68. The van der Waals surface area contributed by atoms with Crippen LogP contribution in [0.3, 0.4) is 0 Å². The minimum Gasteiger partial charge on any atom is -0.350 e. The van der Waals surface area contributed by atoms with Crippen LogP contribution in [-0.2, 0) is 0 Å². The van der Waals surface area contributed by atoms with Gasteiger partial charge in [0.05, 0.1) is 23.5 Å². The molecular weight excluding hydrogens is 254 g/mol. The van der Waals surface area contributed by atoms with Gasteiger partial charge < -0.3 is 11.1 Å². The van der Waals surface area contributed by atoms with E-state index in [1.807, 2.05) is 0 Å². The molecule has 6 heteroatoms. The number of amides is 1. The topological polar surface area (TPSA) is 85.3 Å². The van der Waals surface area contributed by atoms with Crippen LogP contribution in [0.15, 0.2) is 24.8 Å². The summed E-state index contributed by atoms with van der Waals surface area (Å²) < 4.78 is 1.62. The molecule has 2 heterocycles. The van der Waals surface area contributed by atoms with E-state index in [1.54, 1.807) is 29.3 Å². The molecule has 20 heavy (non-hydrogen) atoms. The summed E-state index contributed by atoms with van der Waals surface area (Å²) in [4.78, 5) is 16.1. The van der Waals surface area contributed by atoms with Crippen molar-refractivity contribution in [3.63, 3.8) is 0 Å². The first kappa shape index (κ1) is 14.5. The fraction of sp³-hybridized carbons (Fsp3) is 0.500. The number of nitrogens with two attached hydrogens (primary N) is 1. The standard InChI is InChI=1S/C14H21N5O/c1-14(2,3)6-10(15)7-17-13(20)11-8-18-19-5-4-16-9-12(11)19/h4-5,8-10H,6-7,15H2,1-3H3,(H,17,20). The summed E-state index contributed by atoms with van der Waals surface area (Å²) in [6.07, 6.45) is 7.35. The van der Waals surface area contributed by atoms with Crippen LogP contribution in [0.2, 0.25) is 0 Å². The largest absolute Gasteiger partial charge is 0.350 e. The fourth-order valence-corrected chi connectivity index (χ4v) is 2.19. The van der Waals surface area contributed by atoms with Gasteiger partial charge in [0.25, 0.3) is 5.91 Å². The molecule has 0 saturated carbocycles. The third-order valence-corrected chi connectivity index (χ3v) is 2.97. The zero-order valence-corrected chi connectivity index (χ0v) is 12.1. The van der Waals surface area contributed by atoms with Crippen molar-refractivity contribution in [1.29, 1.82) is 0 Å². The fourth-order valence-electron chi connectivity index (χ4n) is 2.19. The molecule has 1 atom stereocenters. The van der Waals surface area contributed by atoms with Gasteiger partial charge in [-0.15, -0.1) is 0 Å². The quantitative estimate of drug-likeness (QED) is 0.878. The van der Waals surface area contributed by atoms with Gasteiger partial charge >= 0.3 is 0 Å². The maximum absolute atomic E-state index is 12.1. The summed E-state index contributed by atoms with van der Waals surface area (Å²) in [5.41, 5.74) is 7.38. The Bertz CT molecular complexity index is 599. The Hall–Kier alpha value is -1.95. The lowest BCUT2D eigenvalue weighted by Crippen LogP contribution is -2.39. The molecule has 1 unspecified atom stereocenters. The molecule has 108 valence electrons. The lowest BCUT2D eigenvalue weighted by Gasteiger charge is -2.23. The SMILES string of the molecule is CC(C)(C)CC(N)CNC(=O)c1cnn2ccncc12. The van der Waals surface area contributed by atoms with Gasteiger partial charge in [-0.25, -0.2) is 4.52 Å². The predicted octanol–water partition coefficient (Wildman–Crippen LogP) is 1.22. The Morgan fingerprint density at radius 3 is 2.90 bits per heavy atom. The minimum atomic E-state index is -0.169. The van der Waals surface area contributed by atoms with E-state index in [-0.39, 0.29) is 17.4 Å². The molecule has 0 aliphatic rings. The van der Waals surface area contributed by atoms with E-state index >= 15 is 0 Å². The molecule has 0 radical (unpaired) electrons. The second-order valence-corrected chi connectivity index (χ2v) is 6.20. The van der Waals surface area contributed by atoms with Gasteiger partial charge in [-0.3, -0.25) is 9.78 Å². The number of carbonyl (C=O) groups excluding carboxylic acids is 1. The van der Waals surface area contributed by atoms with Gasteiger partial charge in [0, 0.05) is 25.0 Å². The van der Waals surface area contributed by atoms with E-state index < -0.39 is 0 Å². The molecule has 0 aromatic carbocycles. The van der Waals surface area contributed by atoms with Crippen LogP contribution in [0.25, 0.3) is 5.52 Å². The van der Waals surface area contributed by atoms with Gasteiger partial charge in [-0.05, 0) is 11.8 Å². The van der Waals surface area contributed by atoms with Crippen LogP contribution < -0.4 is 11.1 Å². The maximum atomic E-state index is 12.1. The number of hydrogen-bond acceptors (Lipinski definition) is 4. The second-order valence-electron chi connectivity index (χ2n) is 6.20. The highest BCUT2D eigenvalue weighted by Gasteiger charge is 2.17.